The van der Waals surface area contributed by atoms with E-state index in [9.17, 15) is 18.0 Å². The van der Waals surface area contributed by atoms with Crippen molar-refractivity contribution in [2.45, 2.75) is 64.1 Å². The summed E-state index contributed by atoms with van der Waals surface area (Å²) in [6, 6.07) is 17.4. The summed E-state index contributed by atoms with van der Waals surface area (Å²) in [5, 5.41) is 3.51. The molecule has 3 aromatic rings. The molecule has 2 unspecified atom stereocenters. The number of ether oxygens (including phenoxy) is 1. The summed E-state index contributed by atoms with van der Waals surface area (Å²) in [5.41, 5.74) is 2.02. The highest BCUT2D eigenvalue weighted by molar-refractivity contribution is 9.10. The molecule has 0 aliphatic rings. The Morgan fingerprint density at radius 3 is 2.19 bits per heavy atom. The lowest BCUT2D eigenvalue weighted by Gasteiger charge is -2.33. The number of aryl methyl sites for hydroxylation is 1. The first kappa shape index (κ1) is 33.4. The molecule has 0 aliphatic carbocycles. The van der Waals surface area contributed by atoms with E-state index in [4.69, 9.17) is 16.3 Å². The average molecular weight is 679 g/mol. The lowest BCUT2D eigenvalue weighted by molar-refractivity contribution is -0.140. The van der Waals surface area contributed by atoms with Gasteiger partial charge in [0.25, 0.3) is 10.0 Å². The van der Waals surface area contributed by atoms with Crippen LogP contribution in [-0.2, 0) is 26.2 Å². The second-order valence-electron chi connectivity index (χ2n) is 10.0. The highest BCUT2D eigenvalue weighted by Gasteiger charge is 2.34. The van der Waals surface area contributed by atoms with E-state index in [1.54, 1.807) is 54.6 Å². The van der Waals surface area contributed by atoms with Gasteiger partial charge in [0.05, 0.1) is 22.2 Å². The summed E-state index contributed by atoms with van der Waals surface area (Å²) in [6.07, 6.45) is 1.06. The van der Waals surface area contributed by atoms with Gasteiger partial charge in [0.1, 0.15) is 18.3 Å². The van der Waals surface area contributed by atoms with Crippen LogP contribution in [-0.4, -0.2) is 50.9 Å². The normalized spacial score (nSPS) is 12.7. The number of nitrogens with one attached hydrogen (secondary N) is 1. The highest BCUT2D eigenvalue weighted by Crippen LogP contribution is 2.31. The van der Waals surface area contributed by atoms with Gasteiger partial charge in [-0.3, -0.25) is 13.9 Å². The number of rotatable bonds is 13. The number of anilines is 1. The molecule has 0 fully saturated rings. The molecule has 0 heterocycles. The van der Waals surface area contributed by atoms with Gasteiger partial charge in [-0.25, -0.2) is 8.42 Å². The third-order valence-corrected chi connectivity index (χ3v) is 9.61. The standard InChI is InChI=1S/C31H37BrClN3O5S/c1-6-22(4)34-31(38)28(7-2)35(19-23-10-12-24(33)13-11-23)30(37)20-36(25-14-8-21(3)9-15-25)42(39,40)26-16-17-29(41-5)27(32)18-26/h8-18,22,28H,6-7,19-20H2,1-5H3,(H,34,38). The Morgan fingerprint density at radius 2 is 1.64 bits per heavy atom. The second kappa shape index (κ2) is 14.9. The van der Waals surface area contributed by atoms with Gasteiger partial charge in [-0.05, 0) is 90.6 Å². The Bertz CT molecular complexity index is 1480. The molecule has 0 bridgehead atoms. The van der Waals surface area contributed by atoms with Crippen molar-refractivity contribution in [3.63, 3.8) is 0 Å². The summed E-state index contributed by atoms with van der Waals surface area (Å²) < 4.78 is 35.0. The maximum atomic E-state index is 14.2. The zero-order chi connectivity index (χ0) is 31.0. The number of sulfonamides is 1. The monoisotopic (exact) mass is 677 g/mol. The van der Waals surface area contributed by atoms with Crippen molar-refractivity contribution >= 4 is 55.1 Å². The molecule has 3 aromatic carbocycles. The molecule has 0 aliphatic heterocycles. The molecule has 3 rings (SSSR count). The van der Waals surface area contributed by atoms with Crippen LogP contribution in [0, 0.1) is 6.92 Å². The van der Waals surface area contributed by atoms with Crippen molar-refractivity contribution in [1.82, 2.24) is 10.2 Å². The van der Waals surface area contributed by atoms with Gasteiger partial charge < -0.3 is 15.0 Å². The molecule has 1 N–H and O–H groups in total. The maximum Gasteiger partial charge on any atom is 0.264 e. The number of nitrogens with zero attached hydrogens (tertiary/aromatic N) is 2. The molecule has 0 radical (unpaired) electrons. The first-order valence-electron chi connectivity index (χ1n) is 13.7. The van der Waals surface area contributed by atoms with Crippen LogP contribution in [0.3, 0.4) is 0 Å². The van der Waals surface area contributed by atoms with Gasteiger partial charge >= 0.3 is 0 Å². The molecule has 2 atom stereocenters. The molecule has 2 amide bonds. The zero-order valence-corrected chi connectivity index (χ0v) is 27.6. The van der Waals surface area contributed by atoms with Crippen molar-refractivity contribution in [2.24, 2.45) is 0 Å². The van der Waals surface area contributed by atoms with E-state index in [0.717, 1.165) is 21.9 Å². The Morgan fingerprint density at radius 1 is 1.00 bits per heavy atom. The van der Waals surface area contributed by atoms with Crippen molar-refractivity contribution in [3.05, 3.63) is 87.4 Å². The lowest BCUT2D eigenvalue weighted by Crippen LogP contribution is -2.53. The molecule has 0 aromatic heterocycles. The molecule has 0 spiro atoms. The fourth-order valence-electron chi connectivity index (χ4n) is 4.32. The second-order valence-corrected chi connectivity index (χ2v) is 13.2. The van der Waals surface area contributed by atoms with Crippen molar-refractivity contribution in [1.29, 1.82) is 0 Å². The maximum absolute atomic E-state index is 14.2. The minimum atomic E-state index is -4.21. The number of hydrogen-bond donors (Lipinski definition) is 1. The van der Waals surface area contributed by atoms with Gasteiger partial charge in [0.2, 0.25) is 11.8 Å². The number of methoxy groups -OCH3 is 1. The van der Waals surface area contributed by atoms with E-state index >= 15 is 0 Å². The third kappa shape index (κ3) is 8.26. The van der Waals surface area contributed by atoms with E-state index < -0.39 is 28.5 Å². The van der Waals surface area contributed by atoms with Crippen LogP contribution in [0.15, 0.2) is 76.1 Å². The number of benzene rings is 3. The molecular weight excluding hydrogens is 642 g/mol. The Labute approximate surface area is 262 Å². The summed E-state index contributed by atoms with van der Waals surface area (Å²) in [6.45, 7) is 7.16. The molecule has 0 saturated heterocycles. The third-order valence-electron chi connectivity index (χ3n) is 6.97. The van der Waals surface area contributed by atoms with Gasteiger partial charge in [0.15, 0.2) is 0 Å². The number of carbonyl (C=O) groups excluding carboxylic acids is 2. The van der Waals surface area contributed by atoms with Crippen LogP contribution in [0.25, 0.3) is 0 Å². The number of amides is 2. The van der Waals surface area contributed by atoms with E-state index in [2.05, 4.69) is 21.2 Å². The van der Waals surface area contributed by atoms with E-state index in [1.165, 1.54) is 24.1 Å². The van der Waals surface area contributed by atoms with Gasteiger partial charge in [-0.1, -0.05) is 55.3 Å². The number of halogens is 2. The molecule has 42 heavy (non-hydrogen) atoms. The van der Waals surface area contributed by atoms with Crippen LogP contribution < -0.4 is 14.4 Å². The minimum absolute atomic E-state index is 0.0191. The van der Waals surface area contributed by atoms with Crippen molar-refractivity contribution in [2.75, 3.05) is 18.0 Å². The zero-order valence-electron chi connectivity index (χ0n) is 24.4. The molecule has 0 saturated carbocycles. The molecular formula is C31H37BrClN3O5S. The first-order chi connectivity index (χ1) is 19.9. The number of hydrogen-bond acceptors (Lipinski definition) is 5. The van der Waals surface area contributed by atoms with Crippen molar-refractivity contribution < 1.29 is 22.7 Å². The SMILES string of the molecule is CCC(C)NC(=O)C(CC)N(Cc1ccc(Cl)cc1)C(=O)CN(c1ccc(C)cc1)S(=O)(=O)c1ccc(OC)c(Br)c1. The Kier molecular flexibility index (Phi) is 11.8. The Hall–Kier alpha value is -3.08. The quantitative estimate of drug-likeness (QED) is 0.228. The van der Waals surface area contributed by atoms with E-state index in [0.29, 0.717) is 27.4 Å². The molecule has 8 nitrogen and oxygen atoms in total. The van der Waals surface area contributed by atoms with Crippen molar-refractivity contribution in [3.8, 4) is 5.75 Å². The fourth-order valence-corrected chi connectivity index (χ4v) is 6.58. The predicted molar refractivity (Wildman–Crippen MR) is 170 cm³/mol. The van der Waals surface area contributed by atoms with Gasteiger partial charge in [0, 0.05) is 17.6 Å². The smallest absolute Gasteiger partial charge is 0.264 e. The molecule has 11 heteroatoms. The highest BCUT2D eigenvalue weighted by atomic mass is 79.9. The lowest BCUT2D eigenvalue weighted by atomic mass is 10.1. The Balaban J connectivity index is 2.07. The van der Waals surface area contributed by atoms with Crippen LogP contribution in [0.1, 0.15) is 44.7 Å². The fraction of sp³-hybridized carbons (Fsp3) is 0.355. The summed E-state index contributed by atoms with van der Waals surface area (Å²) in [4.78, 5) is 29.0. The van der Waals surface area contributed by atoms with Crippen LogP contribution in [0.2, 0.25) is 5.02 Å². The van der Waals surface area contributed by atoms with Crippen LogP contribution >= 0.6 is 27.5 Å². The topological polar surface area (TPSA) is 96.0 Å². The summed E-state index contributed by atoms with van der Waals surface area (Å²) in [7, 11) is -2.73. The van der Waals surface area contributed by atoms with Gasteiger partial charge in [-0.2, -0.15) is 0 Å². The molecule has 226 valence electrons. The van der Waals surface area contributed by atoms with Crippen LogP contribution in [0.4, 0.5) is 5.69 Å². The van der Waals surface area contributed by atoms with Gasteiger partial charge in [-0.15, -0.1) is 0 Å². The van der Waals surface area contributed by atoms with E-state index in [1.807, 2.05) is 27.7 Å². The predicted octanol–water partition coefficient (Wildman–Crippen LogP) is 6.34. The average Bonchev–Trinajstić information content (AvgIpc) is 2.97. The largest absolute Gasteiger partial charge is 0.496 e. The minimum Gasteiger partial charge on any atom is -0.496 e. The van der Waals surface area contributed by atoms with E-state index in [-0.39, 0.29) is 23.4 Å². The van der Waals surface area contributed by atoms with Crippen LogP contribution in [0.5, 0.6) is 5.75 Å². The number of carbonyl (C=O) groups is 2. The summed E-state index contributed by atoms with van der Waals surface area (Å²) >= 11 is 9.45. The first-order valence-corrected chi connectivity index (χ1v) is 16.3. The summed E-state index contributed by atoms with van der Waals surface area (Å²) in [5.74, 6) is -0.343.